The lowest BCUT2D eigenvalue weighted by molar-refractivity contribution is -0.132. The lowest BCUT2D eigenvalue weighted by Gasteiger charge is -2.41. The number of anilines is 1. The highest BCUT2D eigenvalue weighted by Crippen LogP contribution is 2.52. The molecule has 12 nitrogen and oxygen atoms in total. The van der Waals surface area contributed by atoms with Gasteiger partial charge in [0.15, 0.2) is 0 Å². The van der Waals surface area contributed by atoms with Crippen LogP contribution >= 0.6 is 0 Å². The molecule has 2 aromatic carbocycles. The Morgan fingerprint density at radius 1 is 0.941 bits per heavy atom. The third-order valence-corrected chi connectivity index (χ3v) is 12.1. The number of hydrogen-bond donors (Lipinski definition) is 0. The molecule has 0 radical (unpaired) electrons. The molecule has 0 saturated carbocycles. The van der Waals surface area contributed by atoms with E-state index in [0.29, 0.717) is 35.3 Å². The summed E-state index contributed by atoms with van der Waals surface area (Å²) >= 11 is 0. The van der Waals surface area contributed by atoms with Crippen molar-refractivity contribution in [3.8, 4) is 17.7 Å². The molecule has 1 aromatic heterocycles. The average molecular weight is 716 g/mol. The number of benzene rings is 2. The SMILES string of the molecule is CCOc1ccccc1S(=O)(=O)N1C(=O)C(OC(=O)N2CCC(C3CCN(C(C)C)CC3)CC2)(c2cccnc2OCC)c2cc(C#N)ccc21. The zero-order chi connectivity index (χ0) is 36.3. The van der Waals surface area contributed by atoms with E-state index in [2.05, 4.69) is 29.8 Å². The summed E-state index contributed by atoms with van der Waals surface area (Å²) in [5.74, 6) is 0.0486. The largest absolute Gasteiger partial charge is 0.492 e. The molecule has 270 valence electrons. The van der Waals surface area contributed by atoms with Crippen LogP contribution in [0.3, 0.4) is 0 Å². The highest BCUT2D eigenvalue weighted by atomic mass is 32.2. The number of carbonyl (C=O) groups excluding carboxylic acids is 2. The number of carbonyl (C=O) groups is 2. The van der Waals surface area contributed by atoms with Gasteiger partial charge in [0.1, 0.15) is 10.6 Å². The minimum absolute atomic E-state index is 0.00475. The summed E-state index contributed by atoms with van der Waals surface area (Å²) in [6.07, 6.45) is 4.54. The molecule has 13 heteroatoms. The maximum Gasteiger partial charge on any atom is 0.411 e. The van der Waals surface area contributed by atoms with Crippen LogP contribution in [0.2, 0.25) is 0 Å². The van der Waals surface area contributed by atoms with E-state index < -0.39 is 27.6 Å². The van der Waals surface area contributed by atoms with Gasteiger partial charge in [0.25, 0.3) is 21.5 Å². The van der Waals surface area contributed by atoms with Crippen LogP contribution in [0.1, 0.15) is 70.1 Å². The number of nitriles is 1. The fraction of sp³-hybridized carbons (Fsp3) is 0.474. The van der Waals surface area contributed by atoms with Crippen molar-refractivity contribution in [3.05, 3.63) is 77.5 Å². The van der Waals surface area contributed by atoms with Gasteiger partial charge in [-0.3, -0.25) is 4.79 Å². The van der Waals surface area contributed by atoms with Crippen molar-refractivity contribution in [2.24, 2.45) is 11.8 Å². The van der Waals surface area contributed by atoms with E-state index in [1.54, 1.807) is 30.9 Å². The summed E-state index contributed by atoms with van der Waals surface area (Å²) in [6, 6.07) is 15.9. The van der Waals surface area contributed by atoms with E-state index in [-0.39, 0.29) is 52.1 Å². The Kier molecular flexibility index (Phi) is 10.6. The molecule has 0 spiro atoms. The first-order chi connectivity index (χ1) is 24.6. The maximum absolute atomic E-state index is 15.1. The molecule has 2 fully saturated rings. The van der Waals surface area contributed by atoms with Crippen LogP contribution in [0.5, 0.6) is 11.6 Å². The first-order valence-corrected chi connectivity index (χ1v) is 19.2. The molecule has 3 aromatic rings. The first kappa shape index (κ1) is 36.1. The first-order valence-electron chi connectivity index (χ1n) is 17.7. The molecule has 1 unspecified atom stereocenters. The summed E-state index contributed by atoms with van der Waals surface area (Å²) in [7, 11) is -4.66. The minimum Gasteiger partial charge on any atom is -0.492 e. The fourth-order valence-electron chi connectivity index (χ4n) is 7.69. The highest BCUT2D eigenvalue weighted by molar-refractivity contribution is 7.93. The molecule has 4 heterocycles. The van der Waals surface area contributed by atoms with E-state index in [1.165, 1.54) is 48.7 Å². The van der Waals surface area contributed by atoms with Gasteiger partial charge >= 0.3 is 6.09 Å². The Morgan fingerprint density at radius 2 is 1.61 bits per heavy atom. The summed E-state index contributed by atoms with van der Waals surface area (Å²) in [5, 5.41) is 9.93. The Labute approximate surface area is 300 Å². The summed E-state index contributed by atoms with van der Waals surface area (Å²) < 4.78 is 47.7. The van der Waals surface area contributed by atoms with Gasteiger partial charge in [-0.2, -0.15) is 9.57 Å². The number of pyridine rings is 1. The smallest absolute Gasteiger partial charge is 0.411 e. The van der Waals surface area contributed by atoms with Crippen LogP contribution in [0, 0.1) is 23.2 Å². The van der Waals surface area contributed by atoms with Gasteiger partial charge < -0.3 is 24.0 Å². The van der Waals surface area contributed by atoms with Crippen molar-refractivity contribution in [1.82, 2.24) is 14.8 Å². The number of sulfonamides is 1. The number of hydrogen-bond acceptors (Lipinski definition) is 10. The lowest BCUT2D eigenvalue weighted by atomic mass is 9.78. The quantitative estimate of drug-likeness (QED) is 0.257. The second-order valence-electron chi connectivity index (χ2n) is 13.4. The molecule has 0 N–H and O–H groups in total. The molecule has 51 heavy (non-hydrogen) atoms. The van der Waals surface area contributed by atoms with Gasteiger partial charge in [-0.25, -0.2) is 18.2 Å². The summed E-state index contributed by atoms with van der Waals surface area (Å²) in [4.78, 5) is 37.6. The Bertz CT molecular complexity index is 1910. The molecule has 2 amide bonds. The predicted molar refractivity (Wildman–Crippen MR) is 190 cm³/mol. The van der Waals surface area contributed by atoms with Gasteiger partial charge in [0.2, 0.25) is 5.88 Å². The minimum atomic E-state index is -4.66. The number of ether oxygens (including phenoxy) is 3. The highest BCUT2D eigenvalue weighted by Gasteiger charge is 2.61. The van der Waals surface area contributed by atoms with Crippen LogP contribution in [-0.4, -0.2) is 80.6 Å². The summed E-state index contributed by atoms with van der Waals surface area (Å²) in [5.41, 5.74) is -2.22. The number of aromatic nitrogens is 1. The van der Waals surface area contributed by atoms with Crippen LogP contribution < -0.4 is 13.8 Å². The molecule has 3 aliphatic heterocycles. The Hall–Kier alpha value is -4.67. The third-order valence-electron chi connectivity index (χ3n) is 10.3. The molecule has 1 atom stereocenters. The van der Waals surface area contributed by atoms with E-state index in [4.69, 9.17) is 14.2 Å². The normalized spacial score (nSPS) is 20.3. The van der Waals surface area contributed by atoms with Crippen molar-refractivity contribution in [3.63, 3.8) is 0 Å². The zero-order valence-electron chi connectivity index (χ0n) is 29.6. The Balaban J connectivity index is 1.40. The molecule has 2 saturated heterocycles. The monoisotopic (exact) mass is 715 g/mol. The molecule has 0 bridgehead atoms. The van der Waals surface area contributed by atoms with E-state index in [9.17, 15) is 18.5 Å². The number of rotatable bonds is 10. The number of nitrogens with zero attached hydrogens (tertiary/aromatic N) is 5. The molecular weight excluding hydrogens is 671 g/mol. The van der Waals surface area contributed by atoms with Gasteiger partial charge in [-0.05, 0) is 121 Å². The number of para-hydroxylation sites is 1. The van der Waals surface area contributed by atoms with E-state index in [0.717, 1.165) is 38.8 Å². The molecule has 0 aliphatic carbocycles. The van der Waals surface area contributed by atoms with Gasteiger partial charge in [0, 0.05) is 30.9 Å². The zero-order valence-corrected chi connectivity index (χ0v) is 30.4. The summed E-state index contributed by atoms with van der Waals surface area (Å²) in [6.45, 7) is 11.3. The lowest BCUT2D eigenvalue weighted by Crippen LogP contribution is -2.50. The van der Waals surface area contributed by atoms with Crippen molar-refractivity contribution in [2.45, 2.75) is 69.9 Å². The van der Waals surface area contributed by atoms with Gasteiger partial charge in [-0.15, -0.1) is 0 Å². The molecular formula is C38H45N5O7S. The predicted octanol–water partition coefficient (Wildman–Crippen LogP) is 5.70. The second kappa shape index (κ2) is 14.9. The van der Waals surface area contributed by atoms with Gasteiger partial charge in [0.05, 0.1) is 36.1 Å². The second-order valence-corrected chi connectivity index (χ2v) is 15.2. The van der Waals surface area contributed by atoms with E-state index in [1.807, 2.05) is 0 Å². The number of fused-ring (bicyclic) bond motifs is 1. The van der Waals surface area contributed by atoms with Crippen LogP contribution in [0.4, 0.5) is 10.5 Å². The van der Waals surface area contributed by atoms with Crippen LogP contribution in [0.15, 0.2) is 65.7 Å². The Morgan fingerprint density at radius 3 is 2.25 bits per heavy atom. The van der Waals surface area contributed by atoms with Crippen molar-refractivity contribution < 1.29 is 32.2 Å². The topological polar surface area (TPSA) is 142 Å². The number of likely N-dealkylation sites (tertiary alicyclic amines) is 2. The van der Waals surface area contributed by atoms with Crippen LogP contribution in [0.25, 0.3) is 0 Å². The average Bonchev–Trinajstić information content (AvgIpc) is 3.39. The fourth-order valence-corrected chi connectivity index (χ4v) is 9.28. The van der Waals surface area contributed by atoms with Crippen LogP contribution in [-0.2, 0) is 25.2 Å². The van der Waals surface area contributed by atoms with E-state index >= 15 is 4.79 Å². The van der Waals surface area contributed by atoms with Crippen molar-refractivity contribution in [2.75, 3.05) is 43.7 Å². The molecule has 3 aliphatic rings. The standard InChI is InChI=1S/C38H45N5O7S/c1-5-48-33-11-7-8-12-34(33)51(46,47)43-32-14-13-27(25-39)24-31(32)38(36(43)44,30-10-9-19-40-35(30)49-6-2)50-37(45)42-22-17-29(18-23-42)28-15-20-41(21-16-28)26(3)4/h7-14,19,24,26,28-29H,5-6,15-18,20-23H2,1-4H3. The third kappa shape index (κ3) is 6.63. The van der Waals surface area contributed by atoms with Crippen molar-refractivity contribution >= 4 is 27.7 Å². The van der Waals surface area contributed by atoms with Gasteiger partial charge in [-0.1, -0.05) is 12.1 Å². The maximum atomic E-state index is 15.1. The molecule has 6 rings (SSSR count). The number of amides is 2. The number of piperidine rings is 2. The van der Waals surface area contributed by atoms with Crippen molar-refractivity contribution in [1.29, 1.82) is 5.26 Å².